The predicted octanol–water partition coefficient (Wildman–Crippen LogP) is 2.01. The lowest BCUT2D eigenvalue weighted by atomic mass is 10.2. The minimum atomic E-state index is -4.15. The second-order valence-electron chi connectivity index (χ2n) is 5.45. The van der Waals surface area contributed by atoms with Crippen LogP contribution in [0.15, 0.2) is 21.9 Å². The number of hydrogen-bond acceptors (Lipinski definition) is 5. The van der Waals surface area contributed by atoms with Gasteiger partial charge < -0.3 is 5.11 Å². The standard InChI is InChI=1S/C12H15ClO6S2/c1-12(2,3)21(18,19)10-8(20(4,16)17)6-5-7(9(10)13)11(14)15/h5-6H,1-4H3,(H,14,15). The zero-order valence-electron chi connectivity index (χ0n) is 11.8. The molecule has 6 nitrogen and oxygen atoms in total. The highest BCUT2D eigenvalue weighted by Gasteiger charge is 2.38. The monoisotopic (exact) mass is 354 g/mol. The first-order valence-electron chi connectivity index (χ1n) is 5.71. The van der Waals surface area contributed by atoms with Gasteiger partial charge in [0, 0.05) is 6.26 Å². The molecule has 1 N–H and O–H groups in total. The summed E-state index contributed by atoms with van der Waals surface area (Å²) < 4.78 is 47.4. The van der Waals surface area contributed by atoms with E-state index in [-0.39, 0.29) is 0 Å². The fraction of sp³-hybridized carbons (Fsp3) is 0.417. The molecule has 1 rings (SSSR count). The fourth-order valence-electron chi connectivity index (χ4n) is 1.55. The topological polar surface area (TPSA) is 106 Å². The lowest BCUT2D eigenvalue weighted by Gasteiger charge is -2.22. The van der Waals surface area contributed by atoms with Crippen molar-refractivity contribution in [2.45, 2.75) is 35.3 Å². The summed E-state index contributed by atoms with van der Waals surface area (Å²) in [5.41, 5.74) is -0.466. The van der Waals surface area contributed by atoms with Crippen molar-refractivity contribution in [3.05, 3.63) is 22.7 Å². The zero-order valence-corrected chi connectivity index (χ0v) is 14.2. The molecule has 9 heteroatoms. The van der Waals surface area contributed by atoms with Gasteiger partial charge in [0.1, 0.15) is 4.90 Å². The molecule has 0 fully saturated rings. The van der Waals surface area contributed by atoms with E-state index >= 15 is 0 Å². The summed E-state index contributed by atoms with van der Waals surface area (Å²) >= 11 is 5.88. The van der Waals surface area contributed by atoms with Crippen LogP contribution in [0.4, 0.5) is 0 Å². The van der Waals surface area contributed by atoms with E-state index in [2.05, 4.69) is 0 Å². The number of carboxylic acid groups (broad SMARTS) is 1. The van der Waals surface area contributed by atoms with E-state index < -0.39 is 50.8 Å². The van der Waals surface area contributed by atoms with Crippen LogP contribution in [0, 0.1) is 0 Å². The van der Waals surface area contributed by atoms with Crippen molar-refractivity contribution in [3.63, 3.8) is 0 Å². The first kappa shape index (κ1) is 17.9. The normalized spacial score (nSPS) is 13.2. The molecule has 0 amide bonds. The van der Waals surface area contributed by atoms with Crippen LogP contribution in [0.3, 0.4) is 0 Å². The smallest absolute Gasteiger partial charge is 0.337 e. The largest absolute Gasteiger partial charge is 0.478 e. The highest BCUT2D eigenvalue weighted by molar-refractivity contribution is 7.95. The summed E-state index contributed by atoms with van der Waals surface area (Å²) in [4.78, 5) is 9.91. The molecule has 0 radical (unpaired) electrons. The van der Waals surface area contributed by atoms with Gasteiger partial charge in [-0.25, -0.2) is 21.6 Å². The predicted molar refractivity (Wildman–Crippen MR) is 78.5 cm³/mol. The molecule has 21 heavy (non-hydrogen) atoms. The van der Waals surface area contributed by atoms with E-state index in [1.165, 1.54) is 20.8 Å². The summed E-state index contributed by atoms with van der Waals surface area (Å²) in [6, 6.07) is 1.92. The Morgan fingerprint density at radius 2 is 1.62 bits per heavy atom. The minimum absolute atomic E-state index is 0.466. The molecule has 0 heterocycles. The lowest BCUT2D eigenvalue weighted by molar-refractivity contribution is 0.0696. The van der Waals surface area contributed by atoms with Gasteiger partial charge in [0.25, 0.3) is 0 Å². The van der Waals surface area contributed by atoms with Crippen LogP contribution in [0.5, 0.6) is 0 Å². The quantitative estimate of drug-likeness (QED) is 0.890. The van der Waals surface area contributed by atoms with E-state index in [4.69, 9.17) is 16.7 Å². The molecule has 1 aromatic rings. The molecule has 0 aliphatic rings. The van der Waals surface area contributed by atoms with Crippen molar-refractivity contribution < 1.29 is 26.7 Å². The van der Waals surface area contributed by atoms with Crippen LogP contribution in [-0.2, 0) is 19.7 Å². The fourth-order valence-corrected chi connectivity index (χ4v) is 4.99. The molecule has 0 unspecified atom stereocenters. The molecule has 0 aliphatic heterocycles. The molecular weight excluding hydrogens is 340 g/mol. The Morgan fingerprint density at radius 1 is 1.14 bits per heavy atom. The van der Waals surface area contributed by atoms with Crippen molar-refractivity contribution in [1.29, 1.82) is 0 Å². The Morgan fingerprint density at radius 3 is 1.95 bits per heavy atom. The molecule has 118 valence electrons. The Labute approximate surface area is 128 Å². The number of carboxylic acids is 1. The number of aromatic carboxylic acids is 1. The zero-order chi connectivity index (χ0) is 16.8. The maximum atomic E-state index is 12.6. The van der Waals surface area contributed by atoms with Gasteiger partial charge in [0.15, 0.2) is 19.7 Å². The maximum Gasteiger partial charge on any atom is 0.337 e. The van der Waals surface area contributed by atoms with E-state index in [1.807, 2.05) is 0 Å². The van der Waals surface area contributed by atoms with Gasteiger partial charge in [0.2, 0.25) is 0 Å². The van der Waals surface area contributed by atoms with E-state index in [0.717, 1.165) is 18.4 Å². The Bertz CT molecular complexity index is 801. The molecule has 0 aromatic heterocycles. The van der Waals surface area contributed by atoms with Crippen molar-refractivity contribution in [3.8, 4) is 0 Å². The summed E-state index contributed by atoms with van der Waals surface area (Å²) in [5.74, 6) is -1.44. The van der Waals surface area contributed by atoms with E-state index in [9.17, 15) is 21.6 Å². The van der Waals surface area contributed by atoms with Crippen LogP contribution in [0.2, 0.25) is 5.02 Å². The lowest BCUT2D eigenvalue weighted by Crippen LogP contribution is -2.30. The van der Waals surface area contributed by atoms with Gasteiger partial charge in [-0.05, 0) is 32.9 Å². The second kappa shape index (κ2) is 5.26. The van der Waals surface area contributed by atoms with E-state index in [1.54, 1.807) is 0 Å². The number of carbonyl (C=O) groups is 1. The number of benzene rings is 1. The maximum absolute atomic E-state index is 12.6. The SMILES string of the molecule is CC(C)(C)S(=O)(=O)c1c(S(C)(=O)=O)ccc(C(=O)O)c1Cl. The summed E-state index contributed by atoms with van der Waals surface area (Å²) in [6.45, 7) is 4.12. The van der Waals surface area contributed by atoms with Crippen molar-refractivity contribution in [2.75, 3.05) is 6.26 Å². The van der Waals surface area contributed by atoms with Gasteiger partial charge in [-0.3, -0.25) is 0 Å². The molecule has 0 saturated carbocycles. The summed E-state index contributed by atoms with van der Waals surface area (Å²) in [5, 5.41) is 8.43. The average Bonchev–Trinajstić information content (AvgIpc) is 2.24. The number of hydrogen-bond donors (Lipinski definition) is 1. The second-order valence-corrected chi connectivity index (χ2v) is 10.4. The third-order valence-electron chi connectivity index (χ3n) is 2.77. The van der Waals surface area contributed by atoms with Gasteiger partial charge in [-0.15, -0.1) is 0 Å². The van der Waals surface area contributed by atoms with Gasteiger partial charge in [0.05, 0.1) is 20.2 Å². The Kier molecular flexibility index (Phi) is 4.49. The van der Waals surface area contributed by atoms with Crippen LogP contribution in [0.25, 0.3) is 0 Å². The first-order valence-corrected chi connectivity index (χ1v) is 9.47. The molecular formula is C12H15ClO6S2. The van der Waals surface area contributed by atoms with Gasteiger partial charge >= 0.3 is 5.97 Å². The molecule has 0 atom stereocenters. The van der Waals surface area contributed by atoms with Crippen molar-refractivity contribution in [2.24, 2.45) is 0 Å². The molecule has 1 aromatic carbocycles. The average molecular weight is 355 g/mol. The van der Waals surface area contributed by atoms with E-state index in [0.29, 0.717) is 0 Å². The minimum Gasteiger partial charge on any atom is -0.478 e. The number of halogens is 1. The van der Waals surface area contributed by atoms with Gasteiger partial charge in [-0.1, -0.05) is 11.6 Å². The van der Waals surface area contributed by atoms with Crippen molar-refractivity contribution >= 4 is 37.2 Å². The third-order valence-corrected chi connectivity index (χ3v) is 7.11. The van der Waals surface area contributed by atoms with Crippen molar-refractivity contribution in [1.82, 2.24) is 0 Å². The number of sulfone groups is 2. The van der Waals surface area contributed by atoms with Crippen LogP contribution >= 0.6 is 11.6 Å². The number of rotatable bonds is 3. The summed E-state index contributed by atoms with van der Waals surface area (Å²) in [7, 11) is -8.05. The molecule has 0 aliphatic carbocycles. The van der Waals surface area contributed by atoms with Crippen LogP contribution < -0.4 is 0 Å². The Balaban J connectivity index is 4.02. The van der Waals surface area contributed by atoms with Crippen LogP contribution in [0.1, 0.15) is 31.1 Å². The Hall–Kier alpha value is -1.12. The highest BCUT2D eigenvalue weighted by atomic mass is 35.5. The third kappa shape index (κ3) is 3.22. The summed E-state index contributed by atoms with van der Waals surface area (Å²) in [6.07, 6.45) is 0.834. The van der Waals surface area contributed by atoms with Crippen LogP contribution in [-0.4, -0.2) is 38.9 Å². The van der Waals surface area contributed by atoms with Gasteiger partial charge in [-0.2, -0.15) is 0 Å². The first-order chi connectivity index (χ1) is 9.21. The molecule has 0 saturated heterocycles. The molecule has 0 spiro atoms. The molecule has 0 bridgehead atoms. The highest BCUT2D eigenvalue weighted by Crippen LogP contribution is 2.37.